The van der Waals surface area contributed by atoms with Gasteiger partial charge in [0.05, 0.1) is 18.2 Å². The van der Waals surface area contributed by atoms with Gasteiger partial charge in [0.2, 0.25) is 11.4 Å². The van der Waals surface area contributed by atoms with Gasteiger partial charge in [-0.15, -0.1) is 0 Å². The standard InChI is InChI=1S/C22H22N4O2/c23-14-17-4-3-5-18-15-26(12-10-19(17)18)11-1-2-13-28-21-9-7-16-6-8-20(27)24-22(16)25-21/h3-9H,1-2,10-13,15H2,(H,24,25,27). The van der Waals surface area contributed by atoms with Crippen LogP contribution in [0, 0.1) is 11.3 Å². The number of ether oxygens (including phenoxy) is 1. The summed E-state index contributed by atoms with van der Waals surface area (Å²) in [7, 11) is 0. The Hall–Kier alpha value is -3.17. The van der Waals surface area contributed by atoms with E-state index >= 15 is 0 Å². The first-order chi connectivity index (χ1) is 13.7. The maximum Gasteiger partial charge on any atom is 0.249 e. The number of unbranched alkanes of at least 4 members (excludes halogenated alkanes) is 1. The lowest BCUT2D eigenvalue weighted by Crippen LogP contribution is -2.32. The highest BCUT2D eigenvalue weighted by atomic mass is 16.5. The van der Waals surface area contributed by atoms with E-state index in [0.29, 0.717) is 18.1 Å². The molecule has 0 spiro atoms. The van der Waals surface area contributed by atoms with Gasteiger partial charge in [-0.1, -0.05) is 12.1 Å². The third-order valence-corrected chi connectivity index (χ3v) is 5.14. The highest BCUT2D eigenvalue weighted by Crippen LogP contribution is 2.22. The second-order valence-corrected chi connectivity index (χ2v) is 7.05. The van der Waals surface area contributed by atoms with Gasteiger partial charge in [0, 0.05) is 30.6 Å². The van der Waals surface area contributed by atoms with Crippen LogP contribution >= 0.6 is 0 Å². The Labute approximate surface area is 163 Å². The van der Waals surface area contributed by atoms with Crippen molar-refractivity contribution in [2.45, 2.75) is 25.8 Å². The number of rotatable bonds is 6. The molecule has 0 amide bonds. The van der Waals surface area contributed by atoms with E-state index in [1.807, 2.05) is 24.3 Å². The lowest BCUT2D eigenvalue weighted by molar-refractivity contribution is 0.233. The number of aromatic amines is 1. The first kappa shape index (κ1) is 18.2. The number of H-pyrrole nitrogens is 1. The summed E-state index contributed by atoms with van der Waals surface area (Å²) >= 11 is 0. The molecule has 6 heteroatoms. The molecule has 28 heavy (non-hydrogen) atoms. The van der Waals surface area contributed by atoms with E-state index in [0.717, 1.165) is 49.8 Å². The fraction of sp³-hybridized carbons (Fsp3) is 0.318. The quantitative estimate of drug-likeness (QED) is 0.671. The highest BCUT2D eigenvalue weighted by Gasteiger charge is 2.18. The lowest BCUT2D eigenvalue weighted by Gasteiger charge is -2.29. The van der Waals surface area contributed by atoms with E-state index in [1.165, 1.54) is 17.2 Å². The summed E-state index contributed by atoms with van der Waals surface area (Å²) in [4.78, 5) is 20.9. The molecule has 0 fully saturated rings. The normalized spacial score (nSPS) is 13.8. The number of benzene rings is 1. The molecule has 1 N–H and O–H groups in total. The van der Waals surface area contributed by atoms with Crippen molar-refractivity contribution in [1.29, 1.82) is 5.26 Å². The van der Waals surface area contributed by atoms with Gasteiger partial charge in [0.25, 0.3) is 0 Å². The minimum atomic E-state index is -0.165. The second-order valence-electron chi connectivity index (χ2n) is 7.05. The summed E-state index contributed by atoms with van der Waals surface area (Å²) in [5.41, 5.74) is 3.69. The van der Waals surface area contributed by atoms with Crippen molar-refractivity contribution in [2.75, 3.05) is 19.7 Å². The molecule has 0 saturated carbocycles. The van der Waals surface area contributed by atoms with Crippen LogP contribution in [0.5, 0.6) is 5.88 Å². The predicted molar refractivity (Wildman–Crippen MR) is 107 cm³/mol. The fourth-order valence-electron chi connectivity index (χ4n) is 3.67. The van der Waals surface area contributed by atoms with Crippen LogP contribution in [0.4, 0.5) is 0 Å². The second kappa shape index (κ2) is 8.24. The number of nitrogens with one attached hydrogen (secondary N) is 1. The van der Waals surface area contributed by atoms with Gasteiger partial charge in [-0.3, -0.25) is 9.69 Å². The molecule has 1 aliphatic rings. The zero-order chi connectivity index (χ0) is 19.3. The van der Waals surface area contributed by atoms with Gasteiger partial charge < -0.3 is 9.72 Å². The molecular weight excluding hydrogens is 352 g/mol. The maximum atomic E-state index is 11.4. The molecule has 4 rings (SSSR count). The lowest BCUT2D eigenvalue weighted by atomic mass is 9.95. The molecule has 142 valence electrons. The van der Waals surface area contributed by atoms with Crippen LogP contribution in [0.1, 0.15) is 29.5 Å². The molecule has 0 unspecified atom stereocenters. The van der Waals surface area contributed by atoms with Crippen LogP contribution in [0.2, 0.25) is 0 Å². The van der Waals surface area contributed by atoms with Gasteiger partial charge in [-0.05, 0) is 55.1 Å². The Morgan fingerprint density at radius 2 is 2.07 bits per heavy atom. The molecule has 1 aromatic carbocycles. The van der Waals surface area contributed by atoms with Crippen molar-refractivity contribution in [3.8, 4) is 11.9 Å². The van der Waals surface area contributed by atoms with Gasteiger partial charge in [-0.2, -0.15) is 10.2 Å². The van der Waals surface area contributed by atoms with Gasteiger partial charge in [0.1, 0.15) is 5.65 Å². The fourth-order valence-corrected chi connectivity index (χ4v) is 3.67. The third kappa shape index (κ3) is 4.05. The van der Waals surface area contributed by atoms with Crippen molar-refractivity contribution in [3.63, 3.8) is 0 Å². The van der Waals surface area contributed by atoms with Gasteiger partial charge in [-0.25, -0.2) is 0 Å². The van der Waals surface area contributed by atoms with E-state index in [9.17, 15) is 10.1 Å². The molecular formula is C22H22N4O2. The molecule has 6 nitrogen and oxygen atoms in total. The predicted octanol–water partition coefficient (Wildman–Crippen LogP) is 3.01. The molecule has 3 aromatic rings. The number of hydrogen-bond donors (Lipinski definition) is 1. The Balaban J connectivity index is 1.24. The molecule has 0 saturated heterocycles. The minimum absolute atomic E-state index is 0.165. The van der Waals surface area contributed by atoms with E-state index in [4.69, 9.17) is 4.74 Å². The molecule has 3 heterocycles. The Morgan fingerprint density at radius 3 is 2.96 bits per heavy atom. The maximum absolute atomic E-state index is 11.4. The van der Waals surface area contributed by atoms with Crippen LogP contribution in [0.25, 0.3) is 11.0 Å². The number of pyridine rings is 2. The SMILES string of the molecule is N#Cc1cccc2c1CCN(CCCCOc1ccc3ccc(=O)[nH]c3n1)C2. The summed E-state index contributed by atoms with van der Waals surface area (Å²) in [6.07, 6.45) is 2.92. The molecule has 0 aliphatic carbocycles. The van der Waals surface area contributed by atoms with E-state index < -0.39 is 0 Å². The highest BCUT2D eigenvalue weighted by molar-refractivity contribution is 5.74. The summed E-state index contributed by atoms with van der Waals surface area (Å²) in [6, 6.07) is 15.3. The molecule has 0 radical (unpaired) electrons. The van der Waals surface area contributed by atoms with E-state index in [1.54, 1.807) is 6.07 Å². The first-order valence-corrected chi connectivity index (χ1v) is 9.59. The van der Waals surface area contributed by atoms with Crippen LogP contribution < -0.4 is 10.3 Å². The number of nitrogens with zero attached hydrogens (tertiary/aromatic N) is 3. The smallest absolute Gasteiger partial charge is 0.249 e. The van der Waals surface area contributed by atoms with Crippen LogP contribution in [0.15, 0.2) is 47.3 Å². The zero-order valence-corrected chi connectivity index (χ0v) is 15.6. The molecule has 2 aromatic heterocycles. The van der Waals surface area contributed by atoms with Gasteiger partial charge in [0.15, 0.2) is 0 Å². The Kier molecular flexibility index (Phi) is 5.36. The molecule has 0 atom stereocenters. The van der Waals surface area contributed by atoms with Crippen molar-refractivity contribution in [2.24, 2.45) is 0 Å². The van der Waals surface area contributed by atoms with Crippen LogP contribution in [-0.2, 0) is 13.0 Å². The topological polar surface area (TPSA) is 82.0 Å². The number of nitriles is 1. The van der Waals surface area contributed by atoms with Crippen molar-refractivity contribution < 1.29 is 4.74 Å². The van der Waals surface area contributed by atoms with E-state index in [-0.39, 0.29) is 5.56 Å². The average Bonchev–Trinajstić information content (AvgIpc) is 2.72. The van der Waals surface area contributed by atoms with Gasteiger partial charge >= 0.3 is 0 Å². The first-order valence-electron chi connectivity index (χ1n) is 9.59. The summed E-state index contributed by atoms with van der Waals surface area (Å²) in [6.45, 7) is 3.51. The zero-order valence-electron chi connectivity index (χ0n) is 15.6. The third-order valence-electron chi connectivity index (χ3n) is 5.14. The number of hydrogen-bond acceptors (Lipinski definition) is 5. The van der Waals surface area contributed by atoms with Crippen molar-refractivity contribution in [3.05, 3.63) is 69.5 Å². The van der Waals surface area contributed by atoms with Crippen LogP contribution in [-0.4, -0.2) is 34.6 Å². The van der Waals surface area contributed by atoms with E-state index in [2.05, 4.69) is 27.0 Å². The average molecular weight is 374 g/mol. The Bertz CT molecular complexity index is 1080. The monoisotopic (exact) mass is 374 g/mol. The largest absolute Gasteiger partial charge is 0.478 e. The molecule has 0 bridgehead atoms. The Morgan fingerprint density at radius 1 is 1.18 bits per heavy atom. The summed E-state index contributed by atoms with van der Waals surface area (Å²) in [5, 5.41) is 10.1. The molecule has 1 aliphatic heterocycles. The number of fused-ring (bicyclic) bond motifs is 2. The van der Waals surface area contributed by atoms with Crippen molar-refractivity contribution >= 4 is 11.0 Å². The summed E-state index contributed by atoms with van der Waals surface area (Å²) in [5.74, 6) is 0.533. The van der Waals surface area contributed by atoms with Crippen molar-refractivity contribution in [1.82, 2.24) is 14.9 Å². The van der Waals surface area contributed by atoms with Crippen LogP contribution in [0.3, 0.4) is 0 Å². The number of aromatic nitrogens is 2. The minimum Gasteiger partial charge on any atom is -0.478 e. The summed E-state index contributed by atoms with van der Waals surface area (Å²) < 4.78 is 5.74.